The summed E-state index contributed by atoms with van der Waals surface area (Å²) in [6.07, 6.45) is 12.5. The molecule has 0 saturated heterocycles. The maximum atomic E-state index is 4.84. The Balaban J connectivity index is 2.11. The molecule has 2 aromatic rings. The summed E-state index contributed by atoms with van der Waals surface area (Å²) in [5.41, 5.74) is 5.62. The zero-order chi connectivity index (χ0) is 29.2. The molecule has 1 aliphatic rings. The summed E-state index contributed by atoms with van der Waals surface area (Å²) < 4.78 is 0. The Morgan fingerprint density at radius 2 is 1.08 bits per heavy atom. The van der Waals surface area contributed by atoms with Gasteiger partial charge >= 0.3 is 0 Å². The van der Waals surface area contributed by atoms with Crippen molar-refractivity contribution in [3.05, 3.63) is 72.1 Å². The molecule has 1 unspecified atom stereocenters. The molecule has 5 heteroatoms. The van der Waals surface area contributed by atoms with Gasteiger partial charge in [0.1, 0.15) is 0 Å². The van der Waals surface area contributed by atoms with Crippen LogP contribution < -0.4 is 10.9 Å². The number of hydrogen-bond donors (Lipinski definition) is 0. The van der Waals surface area contributed by atoms with E-state index in [1.807, 2.05) is 24.5 Å². The SMILES string of the molecule is CC(C)(C)P(CC1=C(CP(c2ccccn2)c2ccccn2)C=CC1CP(C(C)(C)C)C(C)(C)C)C(C)(C)C. The third-order valence-electron chi connectivity index (χ3n) is 7.52. The van der Waals surface area contributed by atoms with Gasteiger partial charge < -0.3 is 0 Å². The molecule has 0 aliphatic heterocycles. The van der Waals surface area contributed by atoms with E-state index in [1.54, 1.807) is 11.1 Å². The highest BCUT2D eigenvalue weighted by molar-refractivity contribution is 7.72. The molecular weight excluding hydrogens is 529 g/mol. The molecule has 0 fully saturated rings. The molecular formula is C34H53N2P3. The molecule has 39 heavy (non-hydrogen) atoms. The van der Waals surface area contributed by atoms with Crippen LogP contribution in [0.1, 0.15) is 83.1 Å². The number of aromatic nitrogens is 2. The molecule has 0 amide bonds. The van der Waals surface area contributed by atoms with E-state index in [9.17, 15) is 0 Å². The minimum atomic E-state index is -0.673. The van der Waals surface area contributed by atoms with Crippen molar-refractivity contribution in [2.75, 3.05) is 18.5 Å². The van der Waals surface area contributed by atoms with Gasteiger partial charge in [0.05, 0.1) is 10.9 Å². The van der Waals surface area contributed by atoms with Gasteiger partial charge in [-0.2, -0.15) is 0 Å². The number of pyridine rings is 2. The lowest BCUT2D eigenvalue weighted by molar-refractivity contribution is 0.687. The van der Waals surface area contributed by atoms with Crippen molar-refractivity contribution < 1.29 is 0 Å². The van der Waals surface area contributed by atoms with Crippen LogP contribution in [0.15, 0.2) is 72.1 Å². The third kappa shape index (κ3) is 8.78. The Morgan fingerprint density at radius 1 is 0.615 bits per heavy atom. The summed E-state index contributed by atoms with van der Waals surface area (Å²) in [7, 11) is -1.10. The molecule has 2 aromatic heterocycles. The molecule has 1 aliphatic carbocycles. The van der Waals surface area contributed by atoms with Crippen LogP contribution in [0.4, 0.5) is 0 Å². The molecule has 1 atom stereocenters. The summed E-state index contributed by atoms with van der Waals surface area (Å²) in [6.45, 7) is 29.6. The van der Waals surface area contributed by atoms with Gasteiger partial charge in [0, 0.05) is 32.4 Å². The van der Waals surface area contributed by atoms with E-state index in [-0.39, 0.29) is 15.8 Å². The first-order valence-electron chi connectivity index (χ1n) is 14.4. The largest absolute Gasteiger partial charge is 0.256 e. The normalized spacial score (nSPS) is 17.3. The van der Waals surface area contributed by atoms with Crippen molar-refractivity contribution in [1.82, 2.24) is 9.97 Å². The summed E-state index contributed by atoms with van der Waals surface area (Å²) in [6, 6.07) is 12.7. The summed E-state index contributed by atoms with van der Waals surface area (Å²) in [5.74, 6) is 0.531. The fraction of sp³-hybridized carbons (Fsp3) is 0.588. The van der Waals surface area contributed by atoms with Crippen molar-refractivity contribution in [2.24, 2.45) is 5.92 Å². The van der Waals surface area contributed by atoms with Gasteiger partial charge in [-0.15, -0.1) is 0 Å². The fourth-order valence-electron chi connectivity index (χ4n) is 6.12. The summed E-state index contributed by atoms with van der Waals surface area (Å²) in [5, 5.41) is 1.24. The molecule has 0 spiro atoms. The summed E-state index contributed by atoms with van der Waals surface area (Å²) >= 11 is 0. The molecule has 2 nitrogen and oxygen atoms in total. The van der Waals surface area contributed by atoms with Crippen molar-refractivity contribution in [3.63, 3.8) is 0 Å². The van der Waals surface area contributed by atoms with Gasteiger partial charge in [-0.3, -0.25) is 9.97 Å². The number of rotatable bonds is 8. The lowest BCUT2D eigenvalue weighted by Gasteiger charge is -2.45. The second-order valence-electron chi connectivity index (χ2n) is 14.9. The van der Waals surface area contributed by atoms with E-state index in [4.69, 9.17) is 9.97 Å². The molecule has 3 rings (SSSR count). The number of allylic oxidation sites excluding steroid dienone is 4. The average molecular weight is 583 g/mol. The fourth-order valence-corrected chi connectivity index (χ4v) is 15.9. The molecule has 2 heterocycles. The zero-order valence-corrected chi connectivity index (χ0v) is 29.4. The maximum absolute atomic E-state index is 4.84. The van der Waals surface area contributed by atoms with Crippen LogP contribution in [0.5, 0.6) is 0 Å². The van der Waals surface area contributed by atoms with Gasteiger partial charge in [0.25, 0.3) is 0 Å². The predicted octanol–water partition coefficient (Wildman–Crippen LogP) is 9.55. The van der Waals surface area contributed by atoms with Crippen LogP contribution in [-0.2, 0) is 0 Å². The van der Waals surface area contributed by atoms with Gasteiger partial charge in [-0.25, -0.2) is 0 Å². The van der Waals surface area contributed by atoms with E-state index in [0.29, 0.717) is 26.5 Å². The van der Waals surface area contributed by atoms with Crippen LogP contribution in [0.3, 0.4) is 0 Å². The highest BCUT2D eigenvalue weighted by Crippen LogP contribution is 2.64. The van der Waals surface area contributed by atoms with E-state index >= 15 is 0 Å². The Morgan fingerprint density at radius 3 is 1.46 bits per heavy atom. The van der Waals surface area contributed by atoms with Crippen molar-refractivity contribution >= 4 is 34.6 Å². The average Bonchev–Trinajstić information content (AvgIpc) is 3.18. The van der Waals surface area contributed by atoms with E-state index in [2.05, 4.69) is 120 Å². The number of hydrogen-bond acceptors (Lipinski definition) is 2. The monoisotopic (exact) mass is 582 g/mol. The van der Waals surface area contributed by atoms with E-state index in [1.165, 1.54) is 23.2 Å². The second kappa shape index (κ2) is 12.5. The van der Waals surface area contributed by atoms with Crippen molar-refractivity contribution in [3.8, 4) is 0 Å². The Bertz CT molecular complexity index is 1060. The van der Waals surface area contributed by atoms with Crippen LogP contribution in [0.2, 0.25) is 0 Å². The van der Waals surface area contributed by atoms with Crippen LogP contribution in [0, 0.1) is 5.92 Å². The zero-order valence-electron chi connectivity index (χ0n) is 26.7. The maximum Gasteiger partial charge on any atom is 0.0695 e. The topological polar surface area (TPSA) is 25.8 Å². The second-order valence-corrected chi connectivity index (χ2v) is 24.7. The van der Waals surface area contributed by atoms with Gasteiger partial charge in [0.15, 0.2) is 0 Å². The lowest BCUT2D eigenvalue weighted by Crippen LogP contribution is -2.31. The quantitative estimate of drug-likeness (QED) is 0.290. The van der Waals surface area contributed by atoms with Gasteiger partial charge in [0.2, 0.25) is 0 Å². The highest BCUT2D eigenvalue weighted by Gasteiger charge is 2.40. The molecule has 0 N–H and O–H groups in total. The Kier molecular flexibility index (Phi) is 10.5. The summed E-state index contributed by atoms with van der Waals surface area (Å²) in [4.78, 5) is 9.69. The lowest BCUT2D eigenvalue weighted by atomic mass is 10.0. The first kappa shape index (κ1) is 32.6. The first-order chi connectivity index (χ1) is 17.9. The van der Waals surface area contributed by atoms with E-state index < -0.39 is 7.92 Å². The van der Waals surface area contributed by atoms with Crippen LogP contribution in [0.25, 0.3) is 0 Å². The standard InChI is InChI=1S/C34H53N2P3/c1-31(2,3)38(32(4,5)6)24-27-20-19-26(28(27)25-39(33(7,8)9)34(10,11)12)23-37(29-17-13-15-21-35-29)30-18-14-16-22-36-30/h13-22,27H,23-25H2,1-12H3. The van der Waals surface area contributed by atoms with E-state index in [0.717, 1.165) is 6.16 Å². The predicted molar refractivity (Wildman–Crippen MR) is 182 cm³/mol. The van der Waals surface area contributed by atoms with Crippen LogP contribution >= 0.6 is 23.8 Å². The molecule has 0 aromatic carbocycles. The molecule has 0 radical (unpaired) electrons. The highest BCUT2D eigenvalue weighted by atomic mass is 31.1. The van der Waals surface area contributed by atoms with Crippen molar-refractivity contribution in [2.45, 2.75) is 104 Å². The molecule has 0 bridgehead atoms. The minimum absolute atomic E-state index is 0.186. The van der Waals surface area contributed by atoms with Crippen LogP contribution in [-0.4, -0.2) is 49.1 Å². The Hall–Kier alpha value is -0.930. The third-order valence-corrected chi connectivity index (χ3v) is 17.7. The smallest absolute Gasteiger partial charge is 0.0695 e. The molecule has 214 valence electrons. The van der Waals surface area contributed by atoms with Gasteiger partial charge in [-0.05, 0) is 62.8 Å². The Labute approximate surface area is 244 Å². The van der Waals surface area contributed by atoms with Gasteiger partial charge in [-0.1, -0.05) is 129 Å². The molecule has 0 saturated carbocycles. The first-order valence-corrected chi connectivity index (χ1v) is 19.0. The minimum Gasteiger partial charge on any atom is -0.256 e. The van der Waals surface area contributed by atoms with Crippen molar-refractivity contribution in [1.29, 1.82) is 0 Å². The number of nitrogens with zero attached hydrogens (tertiary/aromatic N) is 2.